The van der Waals surface area contributed by atoms with Crippen LogP contribution < -0.4 is 5.32 Å². The van der Waals surface area contributed by atoms with E-state index in [1.54, 1.807) is 6.33 Å². The Kier molecular flexibility index (Phi) is 3.13. The van der Waals surface area contributed by atoms with Crippen LogP contribution >= 0.6 is 0 Å². The van der Waals surface area contributed by atoms with E-state index in [0.29, 0.717) is 28.7 Å². The average Bonchev–Trinajstić information content (AvgIpc) is 3.06. The Bertz CT molecular complexity index is 832. The fourth-order valence-corrected chi connectivity index (χ4v) is 5.80. The number of anilines is 1. The van der Waals surface area contributed by atoms with Gasteiger partial charge in [0, 0.05) is 19.3 Å². The summed E-state index contributed by atoms with van der Waals surface area (Å²) in [4.78, 5) is 23.1. The third-order valence-corrected chi connectivity index (χ3v) is 6.64. The summed E-state index contributed by atoms with van der Waals surface area (Å²) in [6, 6.07) is 0.278. The molecule has 0 saturated heterocycles. The van der Waals surface area contributed by atoms with Gasteiger partial charge in [-0.1, -0.05) is 0 Å². The number of methoxy groups -OCH3 is 1. The van der Waals surface area contributed by atoms with Crippen molar-refractivity contribution in [2.75, 3.05) is 12.4 Å². The van der Waals surface area contributed by atoms with Gasteiger partial charge in [-0.25, -0.2) is 14.8 Å². The Morgan fingerprint density at radius 3 is 2.76 bits per heavy atom. The number of fused-ring (bicyclic) bond motifs is 1. The van der Waals surface area contributed by atoms with Crippen molar-refractivity contribution in [2.24, 2.45) is 17.8 Å². The predicted molar refractivity (Wildman–Crippen MR) is 91.6 cm³/mol. The third-order valence-electron chi connectivity index (χ3n) is 6.64. The van der Waals surface area contributed by atoms with Crippen molar-refractivity contribution in [1.29, 1.82) is 0 Å². The molecule has 132 valence electrons. The number of nitrogens with one attached hydrogen (secondary N) is 2. The van der Waals surface area contributed by atoms with Crippen molar-refractivity contribution in [1.82, 2.24) is 15.0 Å². The van der Waals surface area contributed by atoms with E-state index in [4.69, 9.17) is 4.74 Å². The van der Waals surface area contributed by atoms with Gasteiger partial charge in [0.15, 0.2) is 5.65 Å². The van der Waals surface area contributed by atoms with E-state index in [-0.39, 0.29) is 17.2 Å². The molecule has 5 atom stereocenters. The van der Waals surface area contributed by atoms with Crippen LogP contribution in [0.25, 0.3) is 11.2 Å². The summed E-state index contributed by atoms with van der Waals surface area (Å²) in [7, 11) is 1.84. The molecule has 3 N–H and O–H groups in total. The maximum Gasteiger partial charge on any atom is 0.339 e. The number of hydrogen-bond donors (Lipinski definition) is 3. The molecule has 0 radical (unpaired) electrons. The molecule has 4 bridgehead atoms. The van der Waals surface area contributed by atoms with Crippen molar-refractivity contribution >= 4 is 22.8 Å². The fraction of sp³-hybridized carbons (Fsp3) is 0.611. The van der Waals surface area contributed by atoms with Crippen molar-refractivity contribution in [2.45, 2.75) is 43.7 Å². The Labute approximate surface area is 145 Å². The first-order valence-electron chi connectivity index (χ1n) is 8.95. The minimum Gasteiger partial charge on any atom is -0.478 e. The molecule has 7 nitrogen and oxygen atoms in total. The molecular weight excluding hydrogens is 320 g/mol. The van der Waals surface area contributed by atoms with E-state index in [2.05, 4.69) is 20.3 Å². The van der Waals surface area contributed by atoms with Gasteiger partial charge in [0.05, 0.1) is 17.6 Å². The Morgan fingerprint density at radius 1 is 1.32 bits per heavy atom. The van der Waals surface area contributed by atoms with Gasteiger partial charge >= 0.3 is 5.97 Å². The first kappa shape index (κ1) is 15.1. The maximum absolute atomic E-state index is 11.7. The molecule has 2 aromatic rings. The molecule has 2 heterocycles. The lowest BCUT2D eigenvalue weighted by atomic mass is 9.52. The van der Waals surface area contributed by atoms with Gasteiger partial charge in [-0.3, -0.25) is 0 Å². The van der Waals surface area contributed by atoms with Crippen LogP contribution in [0.15, 0.2) is 12.5 Å². The Hall–Kier alpha value is -2.15. The number of rotatable bonds is 4. The number of aromatic nitrogens is 3. The molecule has 0 aliphatic heterocycles. The van der Waals surface area contributed by atoms with Gasteiger partial charge < -0.3 is 20.1 Å². The lowest BCUT2D eigenvalue weighted by molar-refractivity contribution is -0.149. The van der Waals surface area contributed by atoms with E-state index < -0.39 is 5.97 Å². The molecule has 25 heavy (non-hydrogen) atoms. The summed E-state index contributed by atoms with van der Waals surface area (Å²) in [6.45, 7) is 0. The first-order chi connectivity index (χ1) is 12.1. The zero-order valence-corrected chi connectivity index (χ0v) is 14.2. The van der Waals surface area contributed by atoms with E-state index in [9.17, 15) is 9.90 Å². The molecule has 4 fully saturated rings. The topological polar surface area (TPSA) is 100 Å². The van der Waals surface area contributed by atoms with Crippen molar-refractivity contribution in [3.8, 4) is 0 Å². The highest BCUT2D eigenvalue weighted by Crippen LogP contribution is 2.57. The molecule has 4 aliphatic carbocycles. The molecule has 6 rings (SSSR count). The quantitative estimate of drug-likeness (QED) is 0.790. The molecule has 0 aromatic carbocycles. The summed E-state index contributed by atoms with van der Waals surface area (Å²) >= 11 is 0. The molecule has 0 spiro atoms. The number of aromatic carboxylic acids is 1. The van der Waals surface area contributed by atoms with Gasteiger partial charge in [-0.2, -0.15) is 0 Å². The monoisotopic (exact) mass is 342 g/mol. The SMILES string of the molecule is CO[C@]12CC3C[C@H](C1)[C@@H](Nc1c(C(=O)O)cnc4[nH]cnc14)[C@@H](C3)C2. The third kappa shape index (κ3) is 2.18. The van der Waals surface area contributed by atoms with Crippen LogP contribution in [0.3, 0.4) is 0 Å². The lowest BCUT2D eigenvalue weighted by Gasteiger charge is -2.59. The fourth-order valence-electron chi connectivity index (χ4n) is 5.80. The number of aromatic amines is 1. The summed E-state index contributed by atoms with van der Waals surface area (Å²) in [6.07, 6.45) is 8.69. The average molecular weight is 342 g/mol. The number of carboxylic acids is 1. The smallest absolute Gasteiger partial charge is 0.339 e. The predicted octanol–water partition coefficient (Wildman–Crippen LogP) is 2.66. The standard InChI is InChI=1S/C18H22N4O3/c1-25-18-4-9-2-10(5-18)13(11(3-9)6-18)22-14-12(17(23)24)7-19-16-15(14)20-8-21-16/h7-11,13H,2-6H2,1H3,(H,23,24)(H2,19,20,21,22)/t9?,10-,11+,13-,18-. The Balaban J connectivity index is 1.52. The van der Waals surface area contributed by atoms with Gasteiger partial charge in [0.1, 0.15) is 11.1 Å². The van der Waals surface area contributed by atoms with Crippen molar-refractivity contribution in [3.63, 3.8) is 0 Å². The van der Waals surface area contributed by atoms with Crippen LogP contribution in [0.1, 0.15) is 42.5 Å². The number of hydrogen-bond acceptors (Lipinski definition) is 5. The minimum absolute atomic E-state index is 0.0458. The number of ether oxygens (including phenoxy) is 1. The highest BCUT2D eigenvalue weighted by Gasteiger charge is 2.55. The molecule has 7 heteroatoms. The van der Waals surface area contributed by atoms with Crippen LogP contribution in [0, 0.1) is 17.8 Å². The summed E-state index contributed by atoms with van der Waals surface area (Å²) in [5.41, 5.74) is 2.06. The molecule has 4 saturated carbocycles. The molecule has 1 unspecified atom stereocenters. The second-order valence-corrected chi connectivity index (χ2v) is 7.98. The minimum atomic E-state index is -0.975. The number of carbonyl (C=O) groups is 1. The lowest BCUT2D eigenvalue weighted by Crippen LogP contribution is -2.59. The number of H-pyrrole nitrogens is 1. The van der Waals surface area contributed by atoms with Gasteiger partial charge in [-0.15, -0.1) is 0 Å². The zero-order valence-electron chi connectivity index (χ0n) is 14.2. The van der Waals surface area contributed by atoms with Crippen LogP contribution in [-0.4, -0.2) is 44.8 Å². The zero-order chi connectivity index (χ0) is 17.2. The van der Waals surface area contributed by atoms with E-state index >= 15 is 0 Å². The second kappa shape index (κ2) is 5.17. The Morgan fingerprint density at radius 2 is 2.08 bits per heavy atom. The van der Waals surface area contributed by atoms with Crippen LogP contribution in [0.5, 0.6) is 0 Å². The summed E-state index contributed by atoms with van der Waals surface area (Å²) < 4.78 is 5.92. The van der Waals surface area contributed by atoms with Gasteiger partial charge in [0.2, 0.25) is 0 Å². The van der Waals surface area contributed by atoms with Gasteiger partial charge in [-0.05, 0) is 49.9 Å². The largest absolute Gasteiger partial charge is 0.478 e. The van der Waals surface area contributed by atoms with Crippen molar-refractivity contribution in [3.05, 3.63) is 18.1 Å². The second-order valence-electron chi connectivity index (χ2n) is 7.98. The molecule has 4 aliphatic rings. The number of nitrogens with zero attached hydrogens (tertiary/aromatic N) is 2. The highest BCUT2D eigenvalue weighted by molar-refractivity contribution is 6.02. The summed E-state index contributed by atoms with van der Waals surface area (Å²) in [5, 5.41) is 13.2. The van der Waals surface area contributed by atoms with Crippen LogP contribution in [0.2, 0.25) is 0 Å². The van der Waals surface area contributed by atoms with Crippen molar-refractivity contribution < 1.29 is 14.6 Å². The van der Waals surface area contributed by atoms with Gasteiger partial charge in [0.25, 0.3) is 0 Å². The van der Waals surface area contributed by atoms with Crippen LogP contribution in [-0.2, 0) is 4.74 Å². The number of imidazole rings is 1. The number of carboxylic acid groups (broad SMARTS) is 1. The summed E-state index contributed by atoms with van der Waals surface area (Å²) in [5.74, 6) is 0.819. The molecule has 0 amide bonds. The molecule has 2 aromatic heterocycles. The van der Waals surface area contributed by atoms with E-state index in [1.807, 2.05) is 7.11 Å². The number of pyridine rings is 1. The van der Waals surface area contributed by atoms with E-state index in [0.717, 1.165) is 18.8 Å². The first-order valence-corrected chi connectivity index (χ1v) is 8.95. The van der Waals surface area contributed by atoms with Crippen LogP contribution in [0.4, 0.5) is 5.69 Å². The molecular formula is C18H22N4O3. The van der Waals surface area contributed by atoms with E-state index in [1.165, 1.54) is 25.5 Å². The highest BCUT2D eigenvalue weighted by atomic mass is 16.5. The normalized spacial score (nSPS) is 36.0. The maximum atomic E-state index is 11.7.